The van der Waals surface area contributed by atoms with Crippen LogP contribution in [0.2, 0.25) is 0 Å². The summed E-state index contributed by atoms with van der Waals surface area (Å²) in [5.41, 5.74) is 3.75. The van der Waals surface area contributed by atoms with Crippen LogP contribution in [-0.2, 0) is 17.6 Å². The summed E-state index contributed by atoms with van der Waals surface area (Å²) in [6, 6.07) is 8.15. The van der Waals surface area contributed by atoms with E-state index >= 15 is 0 Å². The predicted molar refractivity (Wildman–Crippen MR) is 73.8 cm³/mol. The fourth-order valence-corrected chi connectivity index (χ4v) is 2.29. The summed E-state index contributed by atoms with van der Waals surface area (Å²) in [6.45, 7) is 5.85. The Morgan fingerprint density at radius 2 is 1.89 bits per heavy atom. The van der Waals surface area contributed by atoms with Crippen molar-refractivity contribution < 1.29 is 9.90 Å². The Hall–Kier alpha value is -2.10. The van der Waals surface area contributed by atoms with Gasteiger partial charge < -0.3 is 9.67 Å². The number of nitrogens with zero attached hydrogens (tertiary/aromatic N) is 2. The first-order valence-corrected chi connectivity index (χ1v) is 6.38. The van der Waals surface area contributed by atoms with Crippen LogP contribution >= 0.6 is 0 Å². The number of hydrogen-bond acceptors (Lipinski definition) is 2. The maximum Gasteiger partial charge on any atom is 0.309 e. The van der Waals surface area contributed by atoms with Gasteiger partial charge in [-0.3, -0.25) is 4.79 Å². The van der Waals surface area contributed by atoms with Crippen LogP contribution in [0.3, 0.4) is 0 Å². The molecule has 2 aromatic rings. The van der Waals surface area contributed by atoms with Gasteiger partial charge in [-0.1, -0.05) is 19.1 Å². The topological polar surface area (TPSA) is 55.1 Å². The summed E-state index contributed by atoms with van der Waals surface area (Å²) < 4.78 is 1.92. The lowest BCUT2D eigenvalue weighted by Crippen LogP contribution is -2.09. The van der Waals surface area contributed by atoms with Gasteiger partial charge in [0, 0.05) is 5.69 Å². The average molecular weight is 258 g/mol. The van der Waals surface area contributed by atoms with Gasteiger partial charge >= 0.3 is 5.97 Å². The molecular formula is C15H18N2O2. The second-order valence-corrected chi connectivity index (χ2v) is 4.62. The molecule has 1 aromatic heterocycles. The zero-order chi connectivity index (χ0) is 14.0. The Balaban J connectivity index is 2.50. The van der Waals surface area contributed by atoms with Crippen molar-refractivity contribution >= 4 is 5.97 Å². The quantitative estimate of drug-likeness (QED) is 0.917. The standard InChI is InChI=1S/C15H18N2O2/c1-4-12-5-7-13(8-6-12)17-11(3)16-10(2)14(17)9-15(18)19/h5-8H,4,9H2,1-3H3,(H,18,19). The number of carbonyl (C=O) groups is 1. The number of aliphatic carboxylic acids is 1. The van der Waals surface area contributed by atoms with E-state index in [4.69, 9.17) is 5.11 Å². The summed E-state index contributed by atoms with van der Waals surface area (Å²) in [5, 5.41) is 9.01. The normalized spacial score (nSPS) is 10.7. The number of aromatic nitrogens is 2. The number of carboxylic acids is 1. The highest BCUT2D eigenvalue weighted by atomic mass is 16.4. The van der Waals surface area contributed by atoms with Crippen LogP contribution in [0.4, 0.5) is 0 Å². The van der Waals surface area contributed by atoms with Crippen molar-refractivity contribution in [3.8, 4) is 5.69 Å². The molecule has 0 aliphatic rings. The summed E-state index contributed by atoms with van der Waals surface area (Å²) in [4.78, 5) is 15.4. The molecule has 1 heterocycles. The van der Waals surface area contributed by atoms with Crippen LogP contribution in [0, 0.1) is 13.8 Å². The van der Waals surface area contributed by atoms with Crippen LogP contribution in [-0.4, -0.2) is 20.6 Å². The average Bonchev–Trinajstić information content (AvgIpc) is 2.64. The first-order valence-electron chi connectivity index (χ1n) is 6.38. The number of imidazole rings is 1. The van der Waals surface area contributed by atoms with Gasteiger partial charge in [0.25, 0.3) is 0 Å². The molecule has 0 aliphatic heterocycles. The van der Waals surface area contributed by atoms with E-state index in [2.05, 4.69) is 24.0 Å². The summed E-state index contributed by atoms with van der Waals surface area (Å²) in [7, 11) is 0. The molecule has 0 bridgehead atoms. The zero-order valence-corrected chi connectivity index (χ0v) is 11.5. The molecule has 0 radical (unpaired) electrons. The smallest absolute Gasteiger partial charge is 0.309 e. The molecule has 0 saturated carbocycles. The van der Waals surface area contributed by atoms with E-state index in [9.17, 15) is 4.79 Å². The molecule has 100 valence electrons. The summed E-state index contributed by atoms with van der Waals surface area (Å²) in [5.74, 6) is -0.0209. The number of aryl methyl sites for hydroxylation is 3. The third kappa shape index (κ3) is 2.67. The number of benzene rings is 1. The van der Waals surface area contributed by atoms with Gasteiger partial charge in [0.05, 0.1) is 17.8 Å². The molecule has 0 atom stereocenters. The molecule has 1 aromatic carbocycles. The summed E-state index contributed by atoms with van der Waals surface area (Å²) in [6.07, 6.45) is 0.979. The molecule has 0 unspecified atom stereocenters. The van der Waals surface area contributed by atoms with E-state index < -0.39 is 5.97 Å². The molecule has 1 N–H and O–H groups in total. The molecule has 4 nitrogen and oxygen atoms in total. The SMILES string of the molecule is CCc1ccc(-n2c(C)nc(C)c2CC(=O)O)cc1. The van der Waals surface area contributed by atoms with Crippen molar-refractivity contribution in [2.24, 2.45) is 0 Å². The van der Waals surface area contributed by atoms with Crippen LogP contribution in [0.1, 0.15) is 29.7 Å². The van der Waals surface area contributed by atoms with Crippen molar-refractivity contribution in [2.45, 2.75) is 33.6 Å². The second-order valence-electron chi connectivity index (χ2n) is 4.62. The van der Waals surface area contributed by atoms with E-state index in [1.807, 2.05) is 30.5 Å². The Bertz CT molecular complexity index is 597. The predicted octanol–water partition coefficient (Wildman–Crippen LogP) is 2.68. The molecule has 0 fully saturated rings. The Kier molecular flexibility index (Phi) is 3.69. The van der Waals surface area contributed by atoms with E-state index in [1.54, 1.807) is 0 Å². The monoisotopic (exact) mass is 258 g/mol. The molecule has 0 aliphatic carbocycles. The minimum absolute atomic E-state index is 0.0117. The van der Waals surface area contributed by atoms with Crippen molar-refractivity contribution in [2.75, 3.05) is 0 Å². The second kappa shape index (κ2) is 5.26. The number of carboxylic acid groups (broad SMARTS) is 1. The van der Waals surface area contributed by atoms with Crippen molar-refractivity contribution in [3.63, 3.8) is 0 Å². The first-order chi connectivity index (χ1) is 9.02. The maximum absolute atomic E-state index is 11.0. The molecule has 0 saturated heterocycles. The van der Waals surface area contributed by atoms with Gasteiger partial charge in [0.1, 0.15) is 5.82 Å². The van der Waals surface area contributed by atoms with Gasteiger partial charge in [-0.15, -0.1) is 0 Å². The molecular weight excluding hydrogens is 240 g/mol. The lowest BCUT2D eigenvalue weighted by Gasteiger charge is -2.10. The lowest BCUT2D eigenvalue weighted by atomic mass is 10.1. The molecule has 4 heteroatoms. The van der Waals surface area contributed by atoms with Gasteiger partial charge in [-0.05, 0) is 38.0 Å². The van der Waals surface area contributed by atoms with Crippen molar-refractivity contribution in [1.29, 1.82) is 0 Å². The lowest BCUT2D eigenvalue weighted by molar-refractivity contribution is -0.136. The molecule has 19 heavy (non-hydrogen) atoms. The van der Waals surface area contributed by atoms with E-state index in [0.29, 0.717) is 0 Å². The Morgan fingerprint density at radius 1 is 1.26 bits per heavy atom. The minimum atomic E-state index is -0.838. The van der Waals surface area contributed by atoms with E-state index in [1.165, 1.54) is 5.56 Å². The zero-order valence-electron chi connectivity index (χ0n) is 11.5. The summed E-state index contributed by atoms with van der Waals surface area (Å²) >= 11 is 0. The van der Waals surface area contributed by atoms with Crippen molar-refractivity contribution in [3.05, 3.63) is 47.0 Å². The Labute approximate surface area is 112 Å². The largest absolute Gasteiger partial charge is 0.481 e. The third-order valence-corrected chi connectivity index (χ3v) is 3.26. The van der Waals surface area contributed by atoms with E-state index in [0.717, 1.165) is 29.3 Å². The minimum Gasteiger partial charge on any atom is -0.481 e. The van der Waals surface area contributed by atoms with Crippen LogP contribution < -0.4 is 0 Å². The highest BCUT2D eigenvalue weighted by Gasteiger charge is 2.15. The van der Waals surface area contributed by atoms with Crippen LogP contribution in [0.25, 0.3) is 5.69 Å². The Morgan fingerprint density at radius 3 is 2.42 bits per heavy atom. The molecule has 0 spiro atoms. The first kappa shape index (κ1) is 13.3. The maximum atomic E-state index is 11.0. The fraction of sp³-hybridized carbons (Fsp3) is 0.333. The van der Waals surface area contributed by atoms with Crippen LogP contribution in [0.15, 0.2) is 24.3 Å². The third-order valence-electron chi connectivity index (χ3n) is 3.26. The number of hydrogen-bond donors (Lipinski definition) is 1. The fourth-order valence-electron chi connectivity index (χ4n) is 2.29. The highest BCUT2D eigenvalue weighted by molar-refractivity contribution is 5.70. The molecule has 0 amide bonds. The van der Waals surface area contributed by atoms with E-state index in [-0.39, 0.29) is 6.42 Å². The van der Waals surface area contributed by atoms with Gasteiger partial charge in [-0.2, -0.15) is 0 Å². The molecule has 2 rings (SSSR count). The van der Waals surface area contributed by atoms with Crippen LogP contribution in [0.5, 0.6) is 0 Å². The number of rotatable bonds is 4. The van der Waals surface area contributed by atoms with Gasteiger partial charge in [0.15, 0.2) is 0 Å². The van der Waals surface area contributed by atoms with Crippen molar-refractivity contribution in [1.82, 2.24) is 9.55 Å². The van der Waals surface area contributed by atoms with Gasteiger partial charge in [0.2, 0.25) is 0 Å². The highest BCUT2D eigenvalue weighted by Crippen LogP contribution is 2.19. The van der Waals surface area contributed by atoms with Gasteiger partial charge in [-0.25, -0.2) is 4.98 Å².